The standard InChI is InChI=1S/C18H23NO2/c1-4-19(16-11-7-5-9-14(16)2)13-17(20)15-10-6-8-12-18(15)21-3/h5-12,17,20H,4,13H2,1-3H3. The maximum absolute atomic E-state index is 10.6. The van der Waals surface area contributed by atoms with Gasteiger partial charge in [0.1, 0.15) is 11.9 Å². The second-order valence-electron chi connectivity index (χ2n) is 5.08. The van der Waals surface area contributed by atoms with E-state index in [1.807, 2.05) is 36.4 Å². The zero-order chi connectivity index (χ0) is 15.2. The van der Waals surface area contributed by atoms with Crippen molar-refractivity contribution in [2.24, 2.45) is 0 Å². The summed E-state index contributed by atoms with van der Waals surface area (Å²) in [7, 11) is 1.63. The predicted molar refractivity (Wildman–Crippen MR) is 87.0 cm³/mol. The van der Waals surface area contributed by atoms with Crippen LogP contribution in [-0.2, 0) is 0 Å². The van der Waals surface area contributed by atoms with Crippen molar-refractivity contribution in [3.63, 3.8) is 0 Å². The molecule has 0 fully saturated rings. The van der Waals surface area contributed by atoms with Crippen LogP contribution in [0.15, 0.2) is 48.5 Å². The Labute approximate surface area is 126 Å². The van der Waals surface area contributed by atoms with E-state index in [4.69, 9.17) is 4.74 Å². The molecule has 1 unspecified atom stereocenters. The summed E-state index contributed by atoms with van der Waals surface area (Å²) in [5, 5.41) is 10.6. The van der Waals surface area contributed by atoms with E-state index >= 15 is 0 Å². The second-order valence-corrected chi connectivity index (χ2v) is 5.08. The molecule has 0 aliphatic carbocycles. The van der Waals surface area contributed by atoms with E-state index in [2.05, 4.69) is 30.9 Å². The third-order valence-corrected chi connectivity index (χ3v) is 3.73. The zero-order valence-corrected chi connectivity index (χ0v) is 12.9. The van der Waals surface area contributed by atoms with E-state index in [0.29, 0.717) is 6.54 Å². The topological polar surface area (TPSA) is 32.7 Å². The van der Waals surface area contributed by atoms with Crippen molar-refractivity contribution < 1.29 is 9.84 Å². The van der Waals surface area contributed by atoms with Gasteiger partial charge in [-0.3, -0.25) is 0 Å². The maximum Gasteiger partial charge on any atom is 0.124 e. The predicted octanol–water partition coefficient (Wildman–Crippen LogP) is 3.56. The van der Waals surface area contributed by atoms with Gasteiger partial charge in [0.2, 0.25) is 0 Å². The van der Waals surface area contributed by atoms with Crippen molar-refractivity contribution in [2.45, 2.75) is 20.0 Å². The first kappa shape index (κ1) is 15.4. The number of nitrogens with zero attached hydrogens (tertiary/aromatic N) is 1. The molecule has 0 aromatic heterocycles. The molecule has 0 radical (unpaired) electrons. The van der Waals surface area contributed by atoms with Gasteiger partial charge in [0.05, 0.1) is 7.11 Å². The Bertz CT molecular complexity index is 583. The van der Waals surface area contributed by atoms with Crippen molar-refractivity contribution in [3.8, 4) is 5.75 Å². The second kappa shape index (κ2) is 7.14. The number of para-hydroxylation sites is 2. The summed E-state index contributed by atoms with van der Waals surface area (Å²) in [4.78, 5) is 2.19. The fourth-order valence-corrected chi connectivity index (χ4v) is 2.56. The van der Waals surface area contributed by atoms with E-state index in [9.17, 15) is 5.11 Å². The molecule has 21 heavy (non-hydrogen) atoms. The number of ether oxygens (including phenoxy) is 1. The molecule has 0 amide bonds. The Balaban J connectivity index is 2.20. The summed E-state index contributed by atoms with van der Waals surface area (Å²) in [5.41, 5.74) is 3.20. The molecule has 0 spiro atoms. The molecular formula is C18H23NO2. The largest absolute Gasteiger partial charge is 0.496 e. The minimum atomic E-state index is -0.583. The van der Waals surface area contributed by atoms with Crippen LogP contribution in [0, 0.1) is 6.92 Å². The molecule has 3 heteroatoms. The van der Waals surface area contributed by atoms with Crippen LogP contribution in [0.4, 0.5) is 5.69 Å². The van der Waals surface area contributed by atoms with E-state index in [1.165, 1.54) is 5.56 Å². The molecule has 0 saturated heterocycles. The van der Waals surface area contributed by atoms with E-state index in [-0.39, 0.29) is 0 Å². The molecule has 0 saturated carbocycles. The number of hydrogen-bond acceptors (Lipinski definition) is 3. The van der Waals surface area contributed by atoms with Crippen molar-refractivity contribution in [1.29, 1.82) is 0 Å². The first-order valence-electron chi connectivity index (χ1n) is 7.29. The fraction of sp³-hybridized carbons (Fsp3) is 0.333. The molecule has 2 aromatic rings. The average Bonchev–Trinajstić information content (AvgIpc) is 2.53. The van der Waals surface area contributed by atoms with E-state index in [0.717, 1.165) is 23.5 Å². The number of benzene rings is 2. The van der Waals surface area contributed by atoms with Crippen LogP contribution in [-0.4, -0.2) is 25.3 Å². The number of aryl methyl sites for hydroxylation is 1. The molecule has 2 aromatic carbocycles. The van der Waals surface area contributed by atoms with Gasteiger partial charge in [-0.15, -0.1) is 0 Å². The summed E-state index contributed by atoms with van der Waals surface area (Å²) in [5.74, 6) is 0.728. The normalized spacial score (nSPS) is 12.0. The molecule has 1 N–H and O–H groups in total. The molecule has 0 aliphatic heterocycles. The van der Waals surface area contributed by atoms with Gasteiger partial charge >= 0.3 is 0 Å². The van der Waals surface area contributed by atoms with Gasteiger partial charge in [0, 0.05) is 24.3 Å². The number of anilines is 1. The van der Waals surface area contributed by atoms with Gasteiger partial charge in [-0.1, -0.05) is 36.4 Å². The zero-order valence-electron chi connectivity index (χ0n) is 12.9. The number of aliphatic hydroxyl groups is 1. The molecule has 0 heterocycles. The van der Waals surface area contributed by atoms with Gasteiger partial charge in [0.15, 0.2) is 0 Å². The number of likely N-dealkylation sites (N-methyl/N-ethyl adjacent to an activating group) is 1. The van der Waals surface area contributed by atoms with Gasteiger partial charge in [0.25, 0.3) is 0 Å². The van der Waals surface area contributed by atoms with Gasteiger partial charge in [-0.2, -0.15) is 0 Å². The van der Waals surface area contributed by atoms with Crippen LogP contribution in [0.5, 0.6) is 5.75 Å². The summed E-state index contributed by atoms with van der Waals surface area (Å²) in [6, 6.07) is 15.9. The SMILES string of the molecule is CCN(CC(O)c1ccccc1OC)c1ccccc1C. The monoisotopic (exact) mass is 285 g/mol. The highest BCUT2D eigenvalue weighted by molar-refractivity contribution is 5.53. The third-order valence-electron chi connectivity index (χ3n) is 3.73. The minimum Gasteiger partial charge on any atom is -0.496 e. The smallest absolute Gasteiger partial charge is 0.124 e. The highest BCUT2D eigenvalue weighted by atomic mass is 16.5. The highest BCUT2D eigenvalue weighted by Crippen LogP contribution is 2.27. The first-order valence-corrected chi connectivity index (χ1v) is 7.29. The Hall–Kier alpha value is -2.00. The molecular weight excluding hydrogens is 262 g/mol. The Kier molecular flexibility index (Phi) is 5.23. The van der Waals surface area contributed by atoms with Crippen LogP contribution < -0.4 is 9.64 Å². The quantitative estimate of drug-likeness (QED) is 0.881. The van der Waals surface area contributed by atoms with Crippen LogP contribution >= 0.6 is 0 Å². The van der Waals surface area contributed by atoms with Gasteiger partial charge in [-0.05, 0) is 31.5 Å². The lowest BCUT2D eigenvalue weighted by Gasteiger charge is -2.28. The lowest BCUT2D eigenvalue weighted by molar-refractivity contribution is 0.179. The Morgan fingerprint density at radius 3 is 2.43 bits per heavy atom. The Morgan fingerprint density at radius 2 is 1.76 bits per heavy atom. The van der Waals surface area contributed by atoms with Crippen LogP contribution in [0.2, 0.25) is 0 Å². The van der Waals surface area contributed by atoms with Gasteiger partial charge in [-0.25, -0.2) is 0 Å². The average molecular weight is 285 g/mol. The highest BCUT2D eigenvalue weighted by Gasteiger charge is 2.17. The van der Waals surface area contributed by atoms with E-state index < -0.39 is 6.10 Å². The first-order chi connectivity index (χ1) is 10.2. The van der Waals surface area contributed by atoms with Crippen molar-refractivity contribution in [1.82, 2.24) is 0 Å². The van der Waals surface area contributed by atoms with Crippen molar-refractivity contribution in [2.75, 3.05) is 25.1 Å². The van der Waals surface area contributed by atoms with Gasteiger partial charge < -0.3 is 14.7 Å². The van der Waals surface area contributed by atoms with Crippen LogP contribution in [0.1, 0.15) is 24.2 Å². The van der Waals surface area contributed by atoms with Crippen LogP contribution in [0.3, 0.4) is 0 Å². The summed E-state index contributed by atoms with van der Waals surface area (Å²) in [6.45, 7) is 5.58. The Morgan fingerprint density at radius 1 is 1.10 bits per heavy atom. The number of aliphatic hydroxyl groups excluding tert-OH is 1. The molecule has 2 rings (SSSR count). The summed E-state index contributed by atoms with van der Waals surface area (Å²) in [6.07, 6.45) is -0.583. The van der Waals surface area contributed by atoms with Crippen LogP contribution in [0.25, 0.3) is 0 Å². The minimum absolute atomic E-state index is 0.543. The fourth-order valence-electron chi connectivity index (χ4n) is 2.56. The summed E-state index contributed by atoms with van der Waals surface area (Å²) < 4.78 is 5.33. The maximum atomic E-state index is 10.6. The molecule has 3 nitrogen and oxygen atoms in total. The molecule has 112 valence electrons. The molecule has 1 atom stereocenters. The molecule has 0 bridgehead atoms. The summed E-state index contributed by atoms with van der Waals surface area (Å²) >= 11 is 0. The van der Waals surface area contributed by atoms with E-state index in [1.54, 1.807) is 7.11 Å². The molecule has 0 aliphatic rings. The number of rotatable bonds is 6. The lowest BCUT2D eigenvalue weighted by Crippen LogP contribution is -2.29. The van der Waals surface area contributed by atoms with Crippen molar-refractivity contribution in [3.05, 3.63) is 59.7 Å². The number of hydrogen-bond donors (Lipinski definition) is 1. The lowest BCUT2D eigenvalue weighted by atomic mass is 10.1. The number of methoxy groups -OCH3 is 1. The van der Waals surface area contributed by atoms with Crippen molar-refractivity contribution >= 4 is 5.69 Å². The third kappa shape index (κ3) is 3.56.